The third-order valence-electron chi connectivity index (χ3n) is 2.62. The van der Waals surface area contributed by atoms with Crippen molar-refractivity contribution in [2.75, 3.05) is 12.8 Å². The first-order valence-corrected chi connectivity index (χ1v) is 7.46. The van der Waals surface area contributed by atoms with Crippen molar-refractivity contribution in [3.05, 3.63) is 0 Å². The standard InChI is InChI=1S/C11H24N2O2S/c1-4-5-6-10(12)11(14)13-8-7-9(2)16(3)15/h9-10H,4-8,12H2,1-3H3,(H,13,14)/t9?,10-,16?/m0/s1. The molecular formula is C11H24N2O2S. The molecule has 3 atom stereocenters. The van der Waals surface area contributed by atoms with E-state index in [0.29, 0.717) is 6.54 Å². The Morgan fingerprint density at radius 1 is 1.44 bits per heavy atom. The molecule has 0 aliphatic rings. The molecular weight excluding hydrogens is 224 g/mol. The van der Waals surface area contributed by atoms with Gasteiger partial charge in [0.1, 0.15) is 0 Å². The van der Waals surface area contributed by atoms with Crippen LogP contribution >= 0.6 is 0 Å². The van der Waals surface area contributed by atoms with E-state index < -0.39 is 16.8 Å². The lowest BCUT2D eigenvalue weighted by Gasteiger charge is -2.13. The highest BCUT2D eigenvalue weighted by atomic mass is 32.2. The van der Waals surface area contributed by atoms with Crippen LogP contribution in [0.15, 0.2) is 0 Å². The molecule has 3 N–H and O–H groups in total. The van der Waals surface area contributed by atoms with E-state index in [1.165, 1.54) is 0 Å². The van der Waals surface area contributed by atoms with Crippen LogP contribution in [0.3, 0.4) is 0 Å². The Bertz CT molecular complexity index is 234. The van der Waals surface area contributed by atoms with Gasteiger partial charge in [-0.05, 0) is 12.8 Å². The van der Waals surface area contributed by atoms with E-state index in [1.807, 2.05) is 6.92 Å². The first-order chi connectivity index (χ1) is 7.49. The van der Waals surface area contributed by atoms with Gasteiger partial charge in [0.2, 0.25) is 5.91 Å². The average molecular weight is 248 g/mol. The molecule has 0 aromatic heterocycles. The quantitative estimate of drug-likeness (QED) is 0.666. The zero-order valence-electron chi connectivity index (χ0n) is 10.5. The van der Waals surface area contributed by atoms with Gasteiger partial charge < -0.3 is 11.1 Å². The van der Waals surface area contributed by atoms with Gasteiger partial charge in [0.05, 0.1) is 6.04 Å². The number of nitrogens with one attached hydrogen (secondary N) is 1. The molecule has 0 saturated heterocycles. The average Bonchev–Trinajstić information content (AvgIpc) is 2.25. The van der Waals surface area contributed by atoms with Gasteiger partial charge >= 0.3 is 0 Å². The maximum atomic E-state index is 11.5. The lowest BCUT2D eigenvalue weighted by Crippen LogP contribution is -2.41. The maximum Gasteiger partial charge on any atom is 0.236 e. The fourth-order valence-electron chi connectivity index (χ4n) is 1.25. The van der Waals surface area contributed by atoms with Crippen LogP contribution in [0, 0.1) is 0 Å². The molecule has 0 aliphatic carbocycles. The van der Waals surface area contributed by atoms with Crippen molar-refractivity contribution in [3.8, 4) is 0 Å². The van der Waals surface area contributed by atoms with Crippen LogP contribution in [0.4, 0.5) is 0 Å². The van der Waals surface area contributed by atoms with Gasteiger partial charge in [-0.3, -0.25) is 9.00 Å². The second-order valence-electron chi connectivity index (χ2n) is 4.14. The van der Waals surface area contributed by atoms with Gasteiger partial charge in [-0.2, -0.15) is 0 Å². The number of carbonyl (C=O) groups excluding carboxylic acids is 1. The van der Waals surface area contributed by atoms with Crippen molar-refractivity contribution < 1.29 is 9.00 Å². The largest absolute Gasteiger partial charge is 0.355 e. The number of hydrogen-bond acceptors (Lipinski definition) is 3. The zero-order valence-corrected chi connectivity index (χ0v) is 11.3. The fraction of sp³-hybridized carbons (Fsp3) is 0.909. The smallest absolute Gasteiger partial charge is 0.236 e. The Kier molecular flexibility index (Phi) is 8.47. The highest BCUT2D eigenvalue weighted by Gasteiger charge is 2.12. The summed E-state index contributed by atoms with van der Waals surface area (Å²) in [5, 5.41) is 2.90. The number of rotatable bonds is 8. The monoisotopic (exact) mass is 248 g/mol. The fourth-order valence-corrected chi connectivity index (χ4v) is 1.70. The summed E-state index contributed by atoms with van der Waals surface area (Å²) < 4.78 is 11.1. The molecule has 16 heavy (non-hydrogen) atoms. The summed E-state index contributed by atoms with van der Waals surface area (Å²) >= 11 is 0. The third-order valence-corrected chi connectivity index (χ3v) is 3.99. The molecule has 96 valence electrons. The normalized spacial score (nSPS) is 16.5. The number of hydrogen-bond donors (Lipinski definition) is 2. The van der Waals surface area contributed by atoms with Crippen LogP contribution in [0.1, 0.15) is 39.5 Å². The lowest BCUT2D eigenvalue weighted by molar-refractivity contribution is -0.122. The Morgan fingerprint density at radius 3 is 2.56 bits per heavy atom. The van der Waals surface area contributed by atoms with Gasteiger partial charge in [0.25, 0.3) is 0 Å². The molecule has 0 aromatic carbocycles. The number of amides is 1. The molecule has 0 radical (unpaired) electrons. The second-order valence-corrected chi connectivity index (χ2v) is 5.94. The molecule has 2 unspecified atom stereocenters. The number of carbonyl (C=O) groups is 1. The maximum absolute atomic E-state index is 11.5. The number of nitrogens with two attached hydrogens (primary N) is 1. The Labute approximate surface area is 101 Å². The van der Waals surface area contributed by atoms with Crippen LogP contribution < -0.4 is 11.1 Å². The molecule has 0 spiro atoms. The first kappa shape index (κ1) is 15.6. The minimum Gasteiger partial charge on any atom is -0.355 e. The molecule has 5 heteroatoms. The highest BCUT2D eigenvalue weighted by Crippen LogP contribution is 2.00. The van der Waals surface area contributed by atoms with Crippen molar-refractivity contribution in [2.45, 2.75) is 50.8 Å². The summed E-state index contributed by atoms with van der Waals surface area (Å²) in [6.45, 7) is 4.54. The van der Waals surface area contributed by atoms with Gasteiger partial charge in [0, 0.05) is 28.9 Å². The SMILES string of the molecule is CCCC[C@H](N)C(=O)NCCC(C)S(C)=O. The van der Waals surface area contributed by atoms with Gasteiger partial charge in [0.15, 0.2) is 0 Å². The van der Waals surface area contributed by atoms with Crippen LogP contribution in [0.5, 0.6) is 0 Å². The van der Waals surface area contributed by atoms with Crippen molar-refractivity contribution in [3.63, 3.8) is 0 Å². The Morgan fingerprint density at radius 2 is 2.06 bits per heavy atom. The molecule has 0 bridgehead atoms. The Hall–Kier alpha value is -0.420. The summed E-state index contributed by atoms with van der Waals surface area (Å²) in [4.78, 5) is 11.5. The van der Waals surface area contributed by atoms with Crippen LogP contribution in [0.25, 0.3) is 0 Å². The van der Waals surface area contributed by atoms with E-state index >= 15 is 0 Å². The minimum atomic E-state index is -0.823. The molecule has 0 fully saturated rings. The molecule has 0 rings (SSSR count). The summed E-state index contributed by atoms with van der Waals surface area (Å²) in [6, 6.07) is -0.401. The van der Waals surface area contributed by atoms with Crippen molar-refractivity contribution >= 4 is 16.7 Å². The summed E-state index contributed by atoms with van der Waals surface area (Å²) in [5.74, 6) is -0.0949. The molecule has 1 amide bonds. The van der Waals surface area contributed by atoms with E-state index in [-0.39, 0.29) is 11.2 Å². The topological polar surface area (TPSA) is 72.2 Å². The van der Waals surface area contributed by atoms with Crippen molar-refractivity contribution in [2.24, 2.45) is 5.73 Å². The summed E-state index contributed by atoms with van der Waals surface area (Å²) in [5.41, 5.74) is 5.71. The van der Waals surface area contributed by atoms with Gasteiger partial charge in [-0.1, -0.05) is 26.7 Å². The molecule has 0 aromatic rings. The van der Waals surface area contributed by atoms with Gasteiger partial charge in [-0.25, -0.2) is 0 Å². The Balaban J connectivity index is 3.68. The lowest BCUT2D eigenvalue weighted by atomic mass is 10.1. The predicted molar refractivity (Wildman–Crippen MR) is 68.7 cm³/mol. The summed E-state index contributed by atoms with van der Waals surface area (Å²) in [6.07, 6.45) is 5.17. The number of unbranched alkanes of at least 4 members (excludes halogenated alkanes) is 1. The predicted octanol–water partition coefficient (Wildman–Crippen LogP) is 0.777. The molecule has 0 saturated carbocycles. The van der Waals surface area contributed by atoms with E-state index in [9.17, 15) is 9.00 Å². The van der Waals surface area contributed by atoms with E-state index in [2.05, 4.69) is 12.2 Å². The second kappa shape index (κ2) is 8.70. The summed E-state index contributed by atoms with van der Waals surface area (Å²) in [7, 11) is -0.823. The van der Waals surface area contributed by atoms with Crippen LogP contribution in [-0.4, -0.2) is 34.2 Å². The van der Waals surface area contributed by atoms with Crippen molar-refractivity contribution in [1.82, 2.24) is 5.32 Å². The van der Waals surface area contributed by atoms with Crippen LogP contribution in [-0.2, 0) is 15.6 Å². The molecule has 0 heterocycles. The van der Waals surface area contributed by atoms with E-state index in [1.54, 1.807) is 6.26 Å². The van der Waals surface area contributed by atoms with Crippen LogP contribution in [0.2, 0.25) is 0 Å². The third kappa shape index (κ3) is 6.95. The zero-order chi connectivity index (χ0) is 12.6. The molecule has 4 nitrogen and oxygen atoms in total. The van der Waals surface area contributed by atoms with E-state index in [4.69, 9.17) is 5.73 Å². The minimum absolute atomic E-state index is 0.0949. The first-order valence-electron chi connectivity index (χ1n) is 5.84. The van der Waals surface area contributed by atoms with E-state index in [0.717, 1.165) is 25.7 Å². The van der Waals surface area contributed by atoms with Crippen molar-refractivity contribution in [1.29, 1.82) is 0 Å². The van der Waals surface area contributed by atoms with Gasteiger partial charge in [-0.15, -0.1) is 0 Å². The molecule has 0 aliphatic heterocycles. The highest BCUT2D eigenvalue weighted by molar-refractivity contribution is 7.84.